The van der Waals surface area contributed by atoms with Gasteiger partial charge in [-0.05, 0) is 18.2 Å². The van der Waals surface area contributed by atoms with Crippen LogP contribution in [0.2, 0.25) is 0 Å². The van der Waals surface area contributed by atoms with E-state index in [0.29, 0.717) is 16.9 Å². The van der Waals surface area contributed by atoms with E-state index in [1.807, 2.05) is 0 Å². The van der Waals surface area contributed by atoms with Crippen molar-refractivity contribution < 1.29 is 9.18 Å². The third-order valence-electron chi connectivity index (χ3n) is 3.12. The van der Waals surface area contributed by atoms with Gasteiger partial charge in [0.2, 0.25) is 0 Å². The Bertz CT molecular complexity index is 765. The molecule has 0 aliphatic carbocycles. The smallest absolute Gasteiger partial charge is 0.304 e. The fourth-order valence-electron chi connectivity index (χ4n) is 2.13. The van der Waals surface area contributed by atoms with E-state index in [1.165, 1.54) is 17.0 Å². The lowest BCUT2D eigenvalue weighted by atomic mass is 10.1. The zero-order valence-corrected chi connectivity index (χ0v) is 11.9. The highest BCUT2D eigenvalue weighted by atomic mass is 19.1. The number of benzene rings is 1. The van der Waals surface area contributed by atoms with Crippen molar-refractivity contribution in [3.63, 3.8) is 0 Å². The number of nitrogens with zero attached hydrogens (tertiary/aromatic N) is 4. The summed E-state index contributed by atoms with van der Waals surface area (Å²) in [4.78, 5) is 17.6. The highest BCUT2D eigenvalue weighted by Gasteiger charge is 2.17. The Morgan fingerprint density at radius 3 is 3.00 bits per heavy atom. The molecule has 0 fully saturated rings. The Kier molecular flexibility index (Phi) is 3.69. The predicted octanol–water partition coefficient (Wildman–Crippen LogP) is 2.62. The average Bonchev–Trinajstić information content (AvgIpc) is 2.89. The van der Waals surface area contributed by atoms with Crippen LogP contribution in [-0.2, 0) is 7.05 Å². The Morgan fingerprint density at radius 2 is 2.27 bits per heavy atom. The van der Waals surface area contributed by atoms with Gasteiger partial charge < -0.3 is 5.32 Å². The number of urea groups is 1. The lowest BCUT2D eigenvalue weighted by Crippen LogP contribution is -2.31. The van der Waals surface area contributed by atoms with Crippen molar-refractivity contribution >= 4 is 17.9 Å². The number of hydrogen-bond acceptors (Lipinski definition) is 3. The monoisotopic (exact) mass is 299 g/mol. The minimum atomic E-state index is -0.353. The number of hydrogen-bond donors (Lipinski definition) is 1. The number of aryl methyl sites for hydroxylation is 1. The van der Waals surface area contributed by atoms with Crippen LogP contribution in [0.4, 0.5) is 14.9 Å². The molecule has 1 aromatic carbocycles. The summed E-state index contributed by atoms with van der Waals surface area (Å²) in [6.07, 6.45) is 6.63. The number of nitrogens with one attached hydrogen (secondary N) is 1. The maximum Gasteiger partial charge on any atom is 0.327 e. The van der Waals surface area contributed by atoms with Gasteiger partial charge in [-0.2, -0.15) is 5.10 Å². The first kappa shape index (κ1) is 14.0. The third kappa shape index (κ3) is 2.88. The molecule has 6 nitrogen and oxygen atoms in total. The number of carbonyl (C=O) groups excluding carboxylic acids is 1. The molecule has 0 spiro atoms. The molecular weight excluding hydrogens is 285 g/mol. The molecule has 22 heavy (non-hydrogen) atoms. The van der Waals surface area contributed by atoms with E-state index in [0.717, 1.165) is 0 Å². The largest absolute Gasteiger partial charge is 0.327 e. The molecule has 0 atom stereocenters. The van der Waals surface area contributed by atoms with Crippen molar-refractivity contribution in [1.29, 1.82) is 0 Å². The molecule has 0 radical (unpaired) electrons. The van der Waals surface area contributed by atoms with Crippen LogP contribution in [0.1, 0.15) is 0 Å². The van der Waals surface area contributed by atoms with Gasteiger partial charge in [0.1, 0.15) is 18.2 Å². The summed E-state index contributed by atoms with van der Waals surface area (Å²) < 4.78 is 15.0. The van der Waals surface area contributed by atoms with Crippen LogP contribution in [0.25, 0.3) is 11.3 Å². The Morgan fingerprint density at radius 1 is 1.41 bits per heavy atom. The Labute approximate surface area is 126 Å². The van der Waals surface area contributed by atoms with Crippen molar-refractivity contribution in [3.8, 4) is 11.3 Å². The number of allylic oxidation sites excluding steroid dienone is 1. The van der Waals surface area contributed by atoms with E-state index >= 15 is 0 Å². The summed E-state index contributed by atoms with van der Waals surface area (Å²) in [5.41, 5.74) is 1.63. The van der Waals surface area contributed by atoms with Gasteiger partial charge in [-0.15, -0.1) is 0 Å². The number of amides is 2. The summed E-state index contributed by atoms with van der Waals surface area (Å²) in [5.74, 6) is -0.353. The van der Waals surface area contributed by atoms with Crippen molar-refractivity contribution in [2.24, 2.45) is 12.0 Å². The summed E-state index contributed by atoms with van der Waals surface area (Å²) in [5, 5.41) is 7.06. The van der Waals surface area contributed by atoms with E-state index in [-0.39, 0.29) is 18.5 Å². The molecule has 0 saturated carbocycles. The standard InChI is InChI=1S/C15H14FN5O/c1-20-9-13(18-15(22)21-7-3-6-17-10-21)14(19-20)11-4-2-5-12(16)8-11/h2-9H,10H2,1H3,(H,18,22). The number of aromatic nitrogens is 2. The molecule has 1 aromatic heterocycles. The van der Waals surface area contributed by atoms with Crippen LogP contribution in [0.15, 0.2) is 47.7 Å². The molecule has 1 aliphatic rings. The van der Waals surface area contributed by atoms with Crippen LogP contribution in [0.3, 0.4) is 0 Å². The predicted molar refractivity (Wildman–Crippen MR) is 82.0 cm³/mol. The normalized spacial score (nSPS) is 13.5. The molecule has 1 aliphatic heterocycles. The van der Waals surface area contributed by atoms with Crippen LogP contribution in [0, 0.1) is 5.82 Å². The fraction of sp³-hybridized carbons (Fsp3) is 0.133. The highest BCUT2D eigenvalue weighted by Crippen LogP contribution is 2.27. The number of anilines is 1. The highest BCUT2D eigenvalue weighted by molar-refractivity contribution is 5.94. The zero-order valence-electron chi connectivity index (χ0n) is 11.9. The van der Waals surface area contributed by atoms with Crippen LogP contribution in [-0.4, -0.2) is 33.6 Å². The van der Waals surface area contributed by atoms with E-state index in [9.17, 15) is 9.18 Å². The zero-order chi connectivity index (χ0) is 15.5. The topological polar surface area (TPSA) is 62.5 Å². The first-order chi connectivity index (χ1) is 10.6. The Balaban J connectivity index is 1.87. The van der Waals surface area contributed by atoms with Gasteiger partial charge in [-0.3, -0.25) is 14.6 Å². The lowest BCUT2D eigenvalue weighted by molar-refractivity contribution is 0.229. The van der Waals surface area contributed by atoms with E-state index in [1.54, 1.807) is 48.5 Å². The van der Waals surface area contributed by atoms with Gasteiger partial charge in [0.15, 0.2) is 0 Å². The van der Waals surface area contributed by atoms with Crippen LogP contribution < -0.4 is 5.32 Å². The second kappa shape index (κ2) is 5.80. The van der Waals surface area contributed by atoms with Gasteiger partial charge in [0, 0.05) is 31.2 Å². The summed E-state index contributed by atoms with van der Waals surface area (Å²) in [6.45, 7) is 0.262. The van der Waals surface area contributed by atoms with Gasteiger partial charge >= 0.3 is 6.03 Å². The minimum Gasteiger partial charge on any atom is -0.304 e. The SMILES string of the molecule is Cn1cc(NC(=O)N2C=CC=NC2)c(-c2cccc(F)c2)n1. The third-order valence-corrected chi connectivity index (χ3v) is 3.12. The van der Waals surface area contributed by atoms with Gasteiger partial charge in [0.05, 0.1) is 5.69 Å². The quantitative estimate of drug-likeness (QED) is 0.926. The summed E-state index contributed by atoms with van der Waals surface area (Å²) >= 11 is 0. The molecule has 1 N–H and O–H groups in total. The van der Waals surface area contributed by atoms with Crippen molar-refractivity contribution in [1.82, 2.24) is 14.7 Å². The van der Waals surface area contributed by atoms with E-state index in [2.05, 4.69) is 15.4 Å². The summed E-state index contributed by atoms with van der Waals surface area (Å²) in [6, 6.07) is 5.77. The molecule has 3 rings (SSSR count). The maximum absolute atomic E-state index is 13.4. The number of aliphatic imine (C=N–C) groups is 1. The molecule has 2 amide bonds. The van der Waals surface area contributed by atoms with Crippen molar-refractivity contribution in [3.05, 3.63) is 48.6 Å². The molecule has 0 unspecified atom stereocenters. The van der Waals surface area contributed by atoms with Crippen molar-refractivity contribution in [2.75, 3.05) is 12.0 Å². The van der Waals surface area contributed by atoms with Gasteiger partial charge in [-0.1, -0.05) is 12.1 Å². The maximum atomic E-state index is 13.4. The van der Waals surface area contributed by atoms with Gasteiger partial charge in [0.25, 0.3) is 0 Å². The first-order valence-electron chi connectivity index (χ1n) is 6.67. The molecule has 2 heterocycles. The fourth-order valence-corrected chi connectivity index (χ4v) is 2.13. The van der Waals surface area contributed by atoms with Crippen LogP contribution >= 0.6 is 0 Å². The van der Waals surface area contributed by atoms with E-state index in [4.69, 9.17) is 0 Å². The molecule has 7 heteroatoms. The van der Waals surface area contributed by atoms with Gasteiger partial charge in [-0.25, -0.2) is 9.18 Å². The second-order valence-corrected chi connectivity index (χ2v) is 4.79. The van der Waals surface area contributed by atoms with Crippen LogP contribution in [0.5, 0.6) is 0 Å². The molecular formula is C15H14FN5O. The lowest BCUT2D eigenvalue weighted by Gasteiger charge is -2.18. The number of rotatable bonds is 2. The number of halogens is 1. The summed E-state index contributed by atoms with van der Waals surface area (Å²) in [7, 11) is 1.74. The second-order valence-electron chi connectivity index (χ2n) is 4.79. The molecule has 0 bridgehead atoms. The molecule has 112 valence electrons. The molecule has 2 aromatic rings. The molecule has 0 saturated heterocycles. The minimum absolute atomic E-state index is 0.262. The average molecular weight is 299 g/mol. The first-order valence-corrected chi connectivity index (χ1v) is 6.67. The Hall–Kier alpha value is -2.96. The van der Waals surface area contributed by atoms with Crippen molar-refractivity contribution in [2.45, 2.75) is 0 Å². The van der Waals surface area contributed by atoms with E-state index < -0.39 is 0 Å². The number of carbonyl (C=O) groups is 1.